The third-order valence-corrected chi connectivity index (χ3v) is 6.69. The van der Waals surface area contributed by atoms with Crippen LogP contribution in [0.3, 0.4) is 0 Å². The van der Waals surface area contributed by atoms with E-state index in [0.717, 1.165) is 36.7 Å². The Bertz CT molecular complexity index is 999. The van der Waals surface area contributed by atoms with Crippen LogP contribution in [0.1, 0.15) is 48.0 Å². The van der Waals surface area contributed by atoms with Crippen molar-refractivity contribution in [1.29, 1.82) is 0 Å². The standard InChI is InChI=1S/C25H28N4O/c30-25(28-14-12-20-9-4-5-10-22(20)17-28)23-18-29(16-19-7-2-1-3-8-19)27-24(23)21-11-6-13-26-15-21/h1-3,6-8,11,13,15,18,20,22H,4-5,9-10,12,14,16-17H2/t20-,22+/m1/s1. The number of carbonyl (C=O) groups is 1. The Balaban J connectivity index is 1.44. The Morgan fingerprint density at radius 2 is 1.83 bits per heavy atom. The topological polar surface area (TPSA) is 51.0 Å². The summed E-state index contributed by atoms with van der Waals surface area (Å²) in [7, 11) is 0. The molecular weight excluding hydrogens is 372 g/mol. The van der Waals surface area contributed by atoms with E-state index < -0.39 is 0 Å². The minimum absolute atomic E-state index is 0.109. The average Bonchev–Trinajstić information content (AvgIpc) is 3.23. The van der Waals surface area contributed by atoms with Crippen LogP contribution in [0.25, 0.3) is 11.3 Å². The number of hydrogen-bond donors (Lipinski definition) is 0. The fourth-order valence-corrected chi connectivity index (χ4v) is 5.10. The Morgan fingerprint density at radius 1 is 1.00 bits per heavy atom. The van der Waals surface area contributed by atoms with E-state index >= 15 is 0 Å². The van der Waals surface area contributed by atoms with Gasteiger partial charge in [-0.15, -0.1) is 0 Å². The number of aromatic nitrogens is 3. The second-order valence-corrected chi connectivity index (χ2v) is 8.66. The Morgan fingerprint density at radius 3 is 2.63 bits per heavy atom. The first-order valence-electron chi connectivity index (χ1n) is 11.1. The van der Waals surface area contributed by atoms with Crippen molar-refractivity contribution in [2.75, 3.05) is 13.1 Å². The van der Waals surface area contributed by atoms with Gasteiger partial charge in [0.1, 0.15) is 5.69 Å². The first-order valence-corrected chi connectivity index (χ1v) is 11.1. The summed E-state index contributed by atoms with van der Waals surface area (Å²) in [6, 6.07) is 14.1. The van der Waals surface area contributed by atoms with Gasteiger partial charge >= 0.3 is 0 Å². The molecule has 3 heterocycles. The molecule has 30 heavy (non-hydrogen) atoms. The lowest BCUT2D eigenvalue weighted by molar-refractivity contribution is 0.0521. The van der Waals surface area contributed by atoms with Crippen LogP contribution in [0.4, 0.5) is 0 Å². The Labute approximate surface area is 177 Å². The van der Waals surface area contributed by atoms with Crippen LogP contribution >= 0.6 is 0 Å². The van der Waals surface area contributed by atoms with Crippen molar-refractivity contribution in [2.45, 2.75) is 38.6 Å². The van der Waals surface area contributed by atoms with Crippen LogP contribution in [0.5, 0.6) is 0 Å². The summed E-state index contributed by atoms with van der Waals surface area (Å²) in [5.74, 6) is 1.58. The zero-order valence-corrected chi connectivity index (χ0v) is 17.3. The zero-order valence-electron chi connectivity index (χ0n) is 17.3. The lowest BCUT2D eigenvalue weighted by atomic mass is 9.75. The van der Waals surface area contributed by atoms with Crippen molar-refractivity contribution in [3.63, 3.8) is 0 Å². The van der Waals surface area contributed by atoms with Crippen molar-refractivity contribution < 1.29 is 4.79 Å². The molecule has 0 bridgehead atoms. The minimum atomic E-state index is 0.109. The molecule has 1 aliphatic heterocycles. The maximum Gasteiger partial charge on any atom is 0.257 e. The SMILES string of the molecule is O=C(c1cn(Cc2ccccc2)nc1-c1cccnc1)N1CC[C@H]2CCCC[C@H]2C1. The predicted octanol–water partition coefficient (Wildman–Crippen LogP) is 4.65. The van der Waals surface area contributed by atoms with Gasteiger partial charge in [-0.2, -0.15) is 5.10 Å². The lowest BCUT2D eigenvalue weighted by Gasteiger charge is -2.41. The van der Waals surface area contributed by atoms with Gasteiger partial charge in [-0.1, -0.05) is 49.6 Å². The second-order valence-electron chi connectivity index (χ2n) is 8.66. The highest BCUT2D eigenvalue weighted by Gasteiger charge is 2.34. The molecule has 0 unspecified atom stereocenters. The molecule has 5 nitrogen and oxygen atoms in total. The van der Waals surface area contributed by atoms with Crippen LogP contribution in [0.2, 0.25) is 0 Å². The van der Waals surface area contributed by atoms with E-state index in [1.54, 1.807) is 12.4 Å². The van der Waals surface area contributed by atoms with E-state index in [1.807, 2.05) is 41.2 Å². The average molecular weight is 401 g/mol. The molecule has 5 rings (SSSR count). The number of carbonyl (C=O) groups excluding carboxylic acids is 1. The monoisotopic (exact) mass is 400 g/mol. The molecule has 1 amide bonds. The Kier molecular flexibility index (Phi) is 5.35. The molecule has 1 aromatic carbocycles. The summed E-state index contributed by atoms with van der Waals surface area (Å²) in [4.78, 5) is 19.9. The van der Waals surface area contributed by atoms with E-state index in [2.05, 4.69) is 22.0 Å². The smallest absolute Gasteiger partial charge is 0.257 e. The van der Waals surface area contributed by atoms with Crippen LogP contribution in [-0.2, 0) is 6.54 Å². The van der Waals surface area contributed by atoms with E-state index in [1.165, 1.54) is 31.2 Å². The molecule has 0 N–H and O–H groups in total. The summed E-state index contributed by atoms with van der Waals surface area (Å²) < 4.78 is 1.89. The van der Waals surface area contributed by atoms with Crippen molar-refractivity contribution >= 4 is 5.91 Å². The van der Waals surface area contributed by atoms with Gasteiger partial charge < -0.3 is 4.90 Å². The van der Waals surface area contributed by atoms with E-state index in [4.69, 9.17) is 5.10 Å². The van der Waals surface area contributed by atoms with Crippen LogP contribution < -0.4 is 0 Å². The van der Waals surface area contributed by atoms with Crippen molar-refractivity contribution in [3.8, 4) is 11.3 Å². The summed E-state index contributed by atoms with van der Waals surface area (Å²) in [6.45, 7) is 2.39. The number of hydrogen-bond acceptors (Lipinski definition) is 3. The maximum atomic E-state index is 13.6. The van der Waals surface area contributed by atoms with Gasteiger partial charge in [0.15, 0.2) is 0 Å². The molecule has 154 valence electrons. The molecule has 2 aromatic heterocycles. The summed E-state index contributed by atoms with van der Waals surface area (Å²) in [6.07, 6.45) is 11.9. The van der Waals surface area contributed by atoms with Crippen molar-refractivity contribution in [3.05, 3.63) is 72.2 Å². The molecule has 2 atom stereocenters. The largest absolute Gasteiger partial charge is 0.338 e. The van der Waals surface area contributed by atoms with Gasteiger partial charge in [0, 0.05) is 37.2 Å². The zero-order chi connectivity index (χ0) is 20.3. The van der Waals surface area contributed by atoms with Crippen LogP contribution in [-0.4, -0.2) is 38.7 Å². The van der Waals surface area contributed by atoms with E-state index in [9.17, 15) is 4.79 Å². The lowest BCUT2D eigenvalue weighted by Crippen LogP contribution is -2.44. The molecule has 1 saturated heterocycles. The highest BCUT2D eigenvalue weighted by molar-refractivity contribution is 5.99. The van der Waals surface area contributed by atoms with E-state index in [0.29, 0.717) is 18.0 Å². The number of likely N-dealkylation sites (tertiary alicyclic amines) is 1. The molecule has 2 aliphatic rings. The fraction of sp³-hybridized carbons (Fsp3) is 0.400. The van der Waals surface area contributed by atoms with E-state index in [-0.39, 0.29) is 5.91 Å². The normalized spacial score (nSPS) is 21.3. The molecular formula is C25H28N4O. The molecule has 3 aromatic rings. The molecule has 2 fully saturated rings. The summed E-state index contributed by atoms with van der Waals surface area (Å²) >= 11 is 0. The second kappa shape index (κ2) is 8.42. The van der Waals surface area contributed by atoms with Gasteiger partial charge in [0.05, 0.1) is 12.1 Å². The first kappa shape index (κ1) is 19.0. The van der Waals surface area contributed by atoms with Gasteiger partial charge in [-0.05, 0) is 42.4 Å². The highest BCUT2D eigenvalue weighted by atomic mass is 16.2. The van der Waals surface area contributed by atoms with Crippen molar-refractivity contribution in [2.24, 2.45) is 11.8 Å². The number of rotatable bonds is 4. The quantitative estimate of drug-likeness (QED) is 0.641. The van der Waals surface area contributed by atoms with Crippen molar-refractivity contribution in [1.82, 2.24) is 19.7 Å². The van der Waals surface area contributed by atoms with Gasteiger partial charge in [0.25, 0.3) is 5.91 Å². The number of nitrogens with zero attached hydrogens (tertiary/aromatic N) is 4. The van der Waals surface area contributed by atoms with Gasteiger partial charge in [-0.25, -0.2) is 0 Å². The summed E-state index contributed by atoms with van der Waals surface area (Å²) in [5, 5.41) is 4.80. The molecule has 0 radical (unpaired) electrons. The first-order chi connectivity index (χ1) is 14.8. The van der Waals surface area contributed by atoms with Gasteiger partial charge in [-0.3, -0.25) is 14.5 Å². The summed E-state index contributed by atoms with van der Waals surface area (Å²) in [5.41, 5.74) is 3.47. The predicted molar refractivity (Wildman–Crippen MR) is 117 cm³/mol. The number of benzene rings is 1. The molecule has 1 aliphatic carbocycles. The molecule has 0 spiro atoms. The number of pyridine rings is 1. The van der Waals surface area contributed by atoms with Gasteiger partial charge in [0.2, 0.25) is 0 Å². The third kappa shape index (κ3) is 3.89. The fourth-order valence-electron chi connectivity index (χ4n) is 5.10. The minimum Gasteiger partial charge on any atom is -0.338 e. The van der Waals surface area contributed by atoms with Crippen LogP contribution in [0, 0.1) is 11.8 Å². The molecule has 5 heteroatoms. The highest BCUT2D eigenvalue weighted by Crippen LogP contribution is 2.37. The maximum absolute atomic E-state index is 13.6. The Hall–Kier alpha value is -2.95. The number of fused-ring (bicyclic) bond motifs is 1. The third-order valence-electron chi connectivity index (χ3n) is 6.69. The number of piperidine rings is 1. The number of amides is 1. The van der Waals surface area contributed by atoms with Crippen LogP contribution in [0.15, 0.2) is 61.1 Å². The molecule has 1 saturated carbocycles.